The molecule has 2 aromatic rings. The number of nitrogens with two attached hydrogens (primary N) is 2. The Morgan fingerprint density at radius 3 is 2.85 bits per heavy atom. The van der Waals surface area contributed by atoms with Crippen molar-refractivity contribution in [1.29, 1.82) is 0 Å². The third-order valence-electron chi connectivity index (χ3n) is 4.15. The van der Waals surface area contributed by atoms with E-state index in [9.17, 15) is 4.79 Å². The molecular weight excluding hydrogens is 334 g/mol. The quantitative estimate of drug-likeness (QED) is 0.440. The first-order valence-corrected chi connectivity index (χ1v) is 8.23. The Kier molecular flexibility index (Phi) is 4.92. The first kappa shape index (κ1) is 17.5. The van der Waals surface area contributed by atoms with Gasteiger partial charge in [0.15, 0.2) is 5.76 Å². The molecule has 8 nitrogen and oxygen atoms in total. The topological polar surface area (TPSA) is 128 Å². The molecule has 1 heterocycles. The van der Waals surface area contributed by atoms with Gasteiger partial charge in [0, 0.05) is 29.3 Å². The Hall–Kier alpha value is -3.29. The molecule has 0 aliphatic heterocycles. The molecule has 1 aliphatic carbocycles. The minimum Gasteiger partial charge on any atom is -0.497 e. The highest BCUT2D eigenvalue weighted by Gasteiger charge is 2.28. The highest BCUT2D eigenvalue weighted by Crippen LogP contribution is 2.30. The molecule has 1 aliphatic rings. The van der Waals surface area contributed by atoms with Crippen molar-refractivity contribution in [2.75, 3.05) is 12.4 Å². The molecule has 3 rings (SSSR count). The van der Waals surface area contributed by atoms with Crippen LogP contribution in [0.15, 0.2) is 38.9 Å². The van der Waals surface area contributed by atoms with Crippen molar-refractivity contribution in [2.24, 2.45) is 21.7 Å². The van der Waals surface area contributed by atoms with Crippen LogP contribution >= 0.6 is 0 Å². The molecule has 1 aromatic carbocycles. The molecule has 26 heavy (non-hydrogen) atoms. The first-order chi connectivity index (χ1) is 12.5. The summed E-state index contributed by atoms with van der Waals surface area (Å²) in [7, 11) is 1.57. The number of furan rings is 1. The number of carbonyl (C=O) groups excluding carboxylic acids is 1. The van der Waals surface area contributed by atoms with Crippen LogP contribution in [0.3, 0.4) is 0 Å². The van der Waals surface area contributed by atoms with Crippen molar-refractivity contribution >= 4 is 23.3 Å². The maximum Gasteiger partial charge on any atom is 0.291 e. The Bertz CT molecular complexity index is 894. The number of nitrogens with one attached hydrogen (secondary N) is 1. The molecule has 0 saturated heterocycles. The van der Waals surface area contributed by atoms with Crippen molar-refractivity contribution in [3.05, 3.63) is 46.9 Å². The smallest absolute Gasteiger partial charge is 0.291 e. The molecule has 0 spiro atoms. The monoisotopic (exact) mass is 355 g/mol. The number of rotatable bonds is 4. The molecule has 0 fully saturated rings. The van der Waals surface area contributed by atoms with Crippen LogP contribution in [0, 0.1) is 6.92 Å². The SMILES string of the molecule is COc1cccc(NC(=O)c2oc3c(c2C)/C(=N/N=C(N)N)CCC3)c1. The molecule has 0 unspecified atom stereocenters. The Morgan fingerprint density at radius 1 is 1.31 bits per heavy atom. The number of aryl methyl sites for hydroxylation is 1. The Labute approximate surface area is 150 Å². The zero-order chi connectivity index (χ0) is 18.7. The summed E-state index contributed by atoms with van der Waals surface area (Å²) in [4.78, 5) is 12.7. The lowest BCUT2D eigenvalue weighted by Crippen LogP contribution is -2.22. The van der Waals surface area contributed by atoms with Crippen LogP contribution in [-0.4, -0.2) is 24.7 Å². The van der Waals surface area contributed by atoms with Gasteiger partial charge in [-0.25, -0.2) is 0 Å². The van der Waals surface area contributed by atoms with Crippen molar-refractivity contribution in [3.8, 4) is 5.75 Å². The van der Waals surface area contributed by atoms with Gasteiger partial charge in [-0.1, -0.05) is 6.07 Å². The summed E-state index contributed by atoms with van der Waals surface area (Å²) < 4.78 is 11.0. The van der Waals surface area contributed by atoms with Crippen LogP contribution in [-0.2, 0) is 6.42 Å². The largest absolute Gasteiger partial charge is 0.497 e. The van der Waals surface area contributed by atoms with Gasteiger partial charge in [0.1, 0.15) is 11.5 Å². The van der Waals surface area contributed by atoms with Crippen molar-refractivity contribution in [3.63, 3.8) is 0 Å². The normalized spacial score (nSPS) is 14.6. The fourth-order valence-corrected chi connectivity index (χ4v) is 2.99. The third-order valence-corrected chi connectivity index (χ3v) is 4.15. The molecule has 0 radical (unpaired) electrons. The first-order valence-electron chi connectivity index (χ1n) is 8.23. The van der Waals surface area contributed by atoms with Crippen LogP contribution in [0.1, 0.15) is 40.3 Å². The molecule has 0 bridgehead atoms. The number of carbonyl (C=O) groups is 1. The predicted octanol–water partition coefficient (Wildman–Crippen LogP) is 2.16. The fraction of sp³-hybridized carbons (Fsp3) is 0.278. The number of ether oxygens (including phenoxy) is 1. The summed E-state index contributed by atoms with van der Waals surface area (Å²) in [5, 5.41) is 10.7. The highest BCUT2D eigenvalue weighted by atomic mass is 16.5. The van der Waals surface area contributed by atoms with Gasteiger partial charge in [-0.15, -0.1) is 5.10 Å². The standard InChI is InChI=1S/C18H21N5O3/c1-10-15-13(22-23-18(19)20)7-4-8-14(15)26-16(10)17(24)21-11-5-3-6-12(9-11)25-2/h3,5-6,9H,4,7-8H2,1-2H3,(H,21,24)(H4,19,20,23)/b22-13+. The highest BCUT2D eigenvalue weighted by molar-refractivity contribution is 6.09. The van der Waals surface area contributed by atoms with E-state index in [-0.39, 0.29) is 17.6 Å². The van der Waals surface area contributed by atoms with E-state index < -0.39 is 0 Å². The Balaban J connectivity index is 1.91. The van der Waals surface area contributed by atoms with Gasteiger partial charge in [-0.2, -0.15) is 5.10 Å². The number of hydrogen-bond acceptors (Lipinski definition) is 5. The van der Waals surface area contributed by atoms with Crippen LogP contribution in [0.5, 0.6) is 5.75 Å². The lowest BCUT2D eigenvalue weighted by molar-refractivity contribution is 0.0994. The second kappa shape index (κ2) is 7.30. The average Bonchev–Trinajstić information content (AvgIpc) is 2.97. The number of amides is 1. The molecule has 8 heteroatoms. The molecule has 0 atom stereocenters. The van der Waals surface area contributed by atoms with Gasteiger partial charge in [0.05, 0.1) is 12.8 Å². The molecule has 5 N–H and O–H groups in total. The number of hydrogen-bond donors (Lipinski definition) is 3. The number of fused-ring (bicyclic) bond motifs is 1. The van der Waals surface area contributed by atoms with Crippen LogP contribution in [0.4, 0.5) is 5.69 Å². The lowest BCUT2D eigenvalue weighted by Gasteiger charge is -2.11. The fourth-order valence-electron chi connectivity index (χ4n) is 2.99. The summed E-state index contributed by atoms with van der Waals surface area (Å²) in [5.74, 6) is 1.21. The van der Waals surface area contributed by atoms with Gasteiger partial charge in [0.25, 0.3) is 5.91 Å². The Morgan fingerprint density at radius 2 is 2.12 bits per heavy atom. The maximum atomic E-state index is 12.7. The minimum absolute atomic E-state index is 0.109. The predicted molar refractivity (Wildman–Crippen MR) is 99.7 cm³/mol. The van der Waals surface area contributed by atoms with E-state index in [1.165, 1.54) is 0 Å². The second-order valence-electron chi connectivity index (χ2n) is 5.97. The van der Waals surface area contributed by atoms with Crippen molar-refractivity contribution in [1.82, 2.24) is 0 Å². The average molecular weight is 355 g/mol. The molecule has 136 valence electrons. The summed E-state index contributed by atoms with van der Waals surface area (Å²) in [6.45, 7) is 1.83. The maximum absolute atomic E-state index is 12.7. The van der Waals surface area contributed by atoms with E-state index in [0.717, 1.165) is 41.9 Å². The number of nitrogens with zero attached hydrogens (tertiary/aromatic N) is 2. The zero-order valence-corrected chi connectivity index (χ0v) is 14.7. The third kappa shape index (κ3) is 3.53. The number of anilines is 1. The summed E-state index contributed by atoms with van der Waals surface area (Å²) in [6.07, 6.45) is 2.32. The lowest BCUT2D eigenvalue weighted by atomic mass is 9.93. The van der Waals surface area contributed by atoms with E-state index >= 15 is 0 Å². The molecule has 0 saturated carbocycles. The van der Waals surface area contributed by atoms with Crippen molar-refractivity contribution < 1.29 is 13.9 Å². The van der Waals surface area contributed by atoms with Gasteiger partial charge in [-0.05, 0) is 31.9 Å². The summed E-state index contributed by atoms with van der Waals surface area (Å²) in [5.41, 5.74) is 13.6. The minimum atomic E-state index is -0.327. The molecule has 1 aromatic heterocycles. The zero-order valence-electron chi connectivity index (χ0n) is 14.7. The van der Waals surface area contributed by atoms with Crippen LogP contribution < -0.4 is 21.5 Å². The molecule has 1 amide bonds. The van der Waals surface area contributed by atoms with E-state index in [1.807, 2.05) is 6.92 Å². The van der Waals surface area contributed by atoms with Crippen LogP contribution in [0.25, 0.3) is 0 Å². The molecular formula is C18H21N5O3. The van der Waals surface area contributed by atoms with Gasteiger partial charge in [0.2, 0.25) is 5.96 Å². The van der Waals surface area contributed by atoms with Gasteiger partial charge < -0.3 is 25.9 Å². The summed E-state index contributed by atoms with van der Waals surface area (Å²) >= 11 is 0. The van der Waals surface area contributed by atoms with Gasteiger partial charge in [-0.3, -0.25) is 4.79 Å². The van der Waals surface area contributed by atoms with E-state index in [2.05, 4.69) is 15.5 Å². The number of methoxy groups -OCH3 is 1. The van der Waals surface area contributed by atoms with E-state index in [1.54, 1.807) is 31.4 Å². The summed E-state index contributed by atoms with van der Waals surface area (Å²) in [6, 6.07) is 7.12. The second-order valence-corrected chi connectivity index (χ2v) is 5.97. The number of benzene rings is 1. The van der Waals surface area contributed by atoms with Crippen LogP contribution in [0.2, 0.25) is 0 Å². The van der Waals surface area contributed by atoms with Crippen molar-refractivity contribution in [2.45, 2.75) is 26.2 Å². The van der Waals surface area contributed by atoms with E-state index in [4.69, 9.17) is 20.6 Å². The van der Waals surface area contributed by atoms with E-state index in [0.29, 0.717) is 11.4 Å². The number of guanidine groups is 1. The van der Waals surface area contributed by atoms with Gasteiger partial charge >= 0.3 is 0 Å².